The van der Waals surface area contributed by atoms with E-state index in [9.17, 15) is 4.79 Å². The number of nitrogens with one attached hydrogen (secondary N) is 1. The third-order valence-electron chi connectivity index (χ3n) is 4.47. The lowest BCUT2D eigenvalue weighted by atomic mass is 10.0. The Hall–Kier alpha value is -3.30. The SMILES string of the molecule is COc1ccc(-c2cnsc2-c2cc(OC)c(OC)c(OC)c2)cc1NC(=O)CN. The standard InChI is InChI=1S/C21H23N3O5S/c1-26-16-6-5-12(7-15(16)24-19(25)10-22)14-11-23-30-21(14)13-8-17(27-2)20(29-4)18(9-13)28-3/h5-9,11H,10,22H2,1-4H3,(H,24,25). The Morgan fingerprint density at radius 2 is 1.63 bits per heavy atom. The molecule has 0 saturated heterocycles. The summed E-state index contributed by atoms with van der Waals surface area (Å²) in [6.45, 7) is -0.121. The molecule has 0 aliphatic rings. The van der Waals surface area contributed by atoms with Gasteiger partial charge in [-0.1, -0.05) is 6.07 Å². The lowest BCUT2D eigenvalue weighted by Gasteiger charge is -2.15. The molecule has 1 amide bonds. The molecular formula is C21H23N3O5S. The van der Waals surface area contributed by atoms with Gasteiger partial charge < -0.3 is 30.0 Å². The molecule has 0 bridgehead atoms. The zero-order valence-electron chi connectivity index (χ0n) is 17.1. The average molecular weight is 429 g/mol. The normalized spacial score (nSPS) is 10.4. The first-order valence-corrected chi connectivity index (χ1v) is 9.77. The first-order chi connectivity index (χ1) is 14.6. The van der Waals surface area contributed by atoms with Crippen molar-refractivity contribution in [1.82, 2.24) is 4.37 Å². The summed E-state index contributed by atoms with van der Waals surface area (Å²) >= 11 is 1.34. The van der Waals surface area contributed by atoms with Gasteiger partial charge in [0.25, 0.3) is 0 Å². The van der Waals surface area contributed by atoms with Crippen LogP contribution in [0.3, 0.4) is 0 Å². The first-order valence-electron chi connectivity index (χ1n) is 8.99. The predicted molar refractivity (Wildman–Crippen MR) is 117 cm³/mol. The topological polar surface area (TPSA) is 105 Å². The Balaban J connectivity index is 2.10. The lowest BCUT2D eigenvalue weighted by Crippen LogP contribution is -2.22. The highest BCUT2D eigenvalue weighted by Gasteiger charge is 2.19. The van der Waals surface area contributed by atoms with Crippen LogP contribution in [-0.4, -0.2) is 45.3 Å². The van der Waals surface area contributed by atoms with Crippen molar-refractivity contribution < 1.29 is 23.7 Å². The molecule has 0 aliphatic carbocycles. The number of amides is 1. The van der Waals surface area contributed by atoms with Crippen molar-refractivity contribution in [1.29, 1.82) is 0 Å². The van der Waals surface area contributed by atoms with Crippen molar-refractivity contribution in [3.63, 3.8) is 0 Å². The molecule has 0 unspecified atom stereocenters. The molecule has 0 saturated carbocycles. The zero-order valence-corrected chi connectivity index (χ0v) is 18.0. The fourth-order valence-electron chi connectivity index (χ4n) is 3.04. The first kappa shape index (κ1) is 21.4. The summed E-state index contributed by atoms with van der Waals surface area (Å²) in [7, 11) is 6.25. The molecule has 0 radical (unpaired) electrons. The van der Waals surface area contributed by atoms with Crippen molar-refractivity contribution in [2.45, 2.75) is 0 Å². The molecule has 3 N–H and O–H groups in total. The molecule has 2 aromatic carbocycles. The van der Waals surface area contributed by atoms with Gasteiger partial charge >= 0.3 is 0 Å². The second-order valence-corrected chi connectivity index (χ2v) is 6.95. The van der Waals surface area contributed by atoms with Gasteiger partial charge in [0.15, 0.2) is 11.5 Å². The number of hydrogen-bond donors (Lipinski definition) is 2. The Morgan fingerprint density at radius 1 is 0.967 bits per heavy atom. The largest absolute Gasteiger partial charge is 0.495 e. The molecule has 158 valence electrons. The Labute approximate surface area is 178 Å². The minimum absolute atomic E-state index is 0.121. The van der Waals surface area contributed by atoms with Crippen molar-refractivity contribution in [2.75, 3.05) is 40.3 Å². The molecule has 1 aromatic heterocycles. The minimum Gasteiger partial charge on any atom is -0.495 e. The van der Waals surface area contributed by atoms with E-state index >= 15 is 0 Å². The predicted octanol–water partition coefficient (Wildman–Crippen LogP) is 3.41. The van der Waals surface area contributed by atoms with Gasteiger partial charge in [-0.3, -0.25) is 4.79 Å². The van der Waals surface area contributed by atoms with E-state index < -0.39 is 0 Å². The van der Waals surface area contributed by atoms with E-state index in [1.807, 2.05) is 24.3 Å². The number of carbonyl (C=O) groups excluding carboxylic acids is 1. The molecule has 0 fully saturated rings. The van der Waals surface area contributed by atoms with Gasteiger partial charge in [0.05, 0.1) is 45.5 Å². The molecule has 30 heavy (non-hydrogen) atoms. The van der Waals surface area contributed by atoms with Gasteiger partial charge in [0.2, 0.25) is 11.7 Å². The number of nitrogens with zero attached hydrogens (tertiary/aromatic N) is 1. The van der Waals surface area contributed by atoms with Crippen molar-refractivity contribution in [3.05, 3.63) is 36.5 Å². The lowest BCUT2D eigenvalue weighted by molar-refractivity contribution is -0.114. The molecule has 0 atom stereocenters. The second-order valence-electron chi connectivity index (χ2n) is 6.15. The maximum atomic E-state index is 11.8. The van der Waals surface area contributed by atoms with Crippen LogP contribution in [0.5, 0.6) is 23.0 Å². The van der Waals surface area contributed by atoms with Crippen LogP contribution < -0.4 is 30.0 Å². The third kappa shape index (κ3) is 4.17. The fourth-order valence-corrected chi connectivity index (χ4v) is 3.80. The van der Waals surface area contributed by atoms with Gasteiger partial charge in [-0.05, 0) is 41.4 Å². The number of benzene rings is 2. The number of aromatic nitrogens is 1. The molecule has 3 aromatic rings. The maximum Gasteiger partial charge on any atom is 0.238 e. The van der Waals surface area contributed by atoms with Crippen LogP contribution in [0.4, 0.5) is 5.69 Å². The average Bonchev–Trinajstić information content (AvgIpc) is 3.27. The molecule has 9 heteroatoms. The van der Waals surface area contributed by atoms with Crippen LogP contribution in [0.1, 0.15) is 0 Å². The van der Waals surface area contributed by atoms with Crippen LogP contribution >= 0.6 is 11.5 Å². The number of carbonyl (C=O) groups is 1. The van der Waals surface area contributed by atoms with E-state index in [1.54, 1.807) is 40.7 Å². The number of rotatable bonds is 8. The van der Waals surface area contributed by atoms with Crippen LogP contribution in [0, 0.1) is 0 Å². The number of methoxy groups -OCH3 is 4. The van der Waals surface area contributed by atoms with Gasteiger partial charge in [-0.15, -0.1) is 0 Å². The van der Waals surface area contributed by atoms with E-state index in [0.717, 1.165) is 21.6 Å². The number of nitrogens with two attached hydrogens (primary N) is 1. The Bertz CT molecular complexity index is 1030. The maximum absolute atomic E-state index is 11.8. The van der Waals surface area contributed by atoms with Gasteiger partial charge in [-0.2, -0.15) is 4.37 Å². The molecule has 0 aliphatic heterocycles. The Kier molecular flexibility index (Phi) is 6.76. The highest BCUT2D eigenvalue weighted by Crippen LogP contribution is 2.45. The summed E-state index contributed by atoms with van der Waals surface area (Å²) in [6, 6.07) is 9.27. The Morgan fingerprint density at radius 3 is 2.20 bits per heavy atom. The van der Waals surface area contributed by atoms with E-state index in [-0.39, 0.29) is 12.5 Å². The molecule has 8 nitrogen and oxygen atoms in total. The highest BCUT2D eigenvalue weighted by atomic mass is 32.1. The van der Waals surface area contributed by atoms with Crippen molar-refractivity contribution in [3.8, 4) is 44.6 Å². The van der Waals surface area contributed by atoms with Gasteiger partial charge in [0, 0.05) is 17.3 Å². The van der Waals surface area contributed by atoms with Gasteiger partial charge in [-0.25, -0.2) is 0 Å². The molecule has 1 heterocycles. The van der Waals surface area contributed by atoms with Gasteiger partial charge in [0.1, 0.15) is 5.75 Å². The van der Waals surface area contributed by atoms with Crippen molar-refractivity contribution in [2.24, 2.45) is 5.73 Å². The van der Waals surface area contributed by atoms with E-state index in [2.05, 4.69) is 9.69 Å². The third-order valence-corrected chi connectivity index (χ3v) is 5.32. The van der Waals surface area contributed by atoms with Crippen LogP contribution in [0.25, 0.3) is 21.6 Å². The monoisotopic (exact) mass is 429 g/mol. The van der Waals surface area contributed by atoms with Crippen LogP contribution in [-0.2, 0) is 4.79 Å². The molecule has 3 rings (SSSR count). The van der Waals surface area contributed by atoms with Crippen molar-refractivity contribution >= 4 is 23.1 Å². The quantitative estimate of drug-likeness (QED) is 0.565. The van der Waals surface area contributed by atoms with Crippen LogP contribution in [0.2, 0.25) is 0 Å². The summed E-state index contributed by atoms with van der Waals surface area (Å²) in [6.07, 6.45) is 1.78. The summed E-state index contributed by atoms with van der Waals surface area (Å²) in [4.78, 5) is 12.7. The molecular weight excluding hydrogens is 406 g/mol. The number of hydrogen-bond acceptors (Lipinski definition) is 8. The minimum atomic E-state index is -0.307. The molecule has 0 spiro atoms. The summed E-state index contributed by atoms with van der Waals surface area (Å²) in [5.74, 6) is 1.86. The summed E-state index contributed by atoms with van der Waals surface area (Å²) in [5, 5.41) is 2.76. The zero-order chi connectivity index (χ0) is 21.7. The summed E-state index contributed by atoms with van der Waals surface area (Å²) < 4.78 is 26.1. The van der Waals surface area contributed by atoms with Crippen LogP contribution in [0.15, 0.2) is 36.5 Å². The van der Waals surface area contributed by atoms with E-state index in [1.165, 1.54) is 11.5 Å². The number of anilines is 1. The smallest absolute Gasteiger partial charge is 0.238 e. The van der Waals surface area contributed by atoms with E-state index in [0.29, 0.717) is 28.7 Å². The summed E-state index contributed by atoms with van der Waals surface area (Å²) in [5.41, 5.74) is 8.58. The fraction of sp³-hybridized carbons (Fsp3) is 0.238. The highest BCUT2D eigenvalue weighted by molar-refractivity contribution is 7.10. The number of ether oxygens (including phenoxy) is 4. The van der Waals surface area contributed by atoms with E-state index in [4.69, 9.17) is 24.7 Å². The second kappa shape index (κ2) is 9.47.